The molecule has 0 aromatic heterocycles. The Morgan fingerprint density at radius 1 is 1.22 bits per heavy atom. The Morgan fingerprint density at radius 2 is 1.83 bits per heavy atom. The summed E-state index contributed by atoms with van der Waals surface area (Å²) in [5.74, 6) is 0.350. The van der Waals surface area contributed by atoms with Crippen LogP contribution >= 0.6 is 0 Å². The summed E-state index contributed by atoms with van der Waals surface area (Å²) in [6, 6.07) is 6.94. The molecule has 0 amide bonds. The van der Waals surface area contributed by atoms with Crippen molar-refractivity contribution >= 4 is 10.0 Å². The molecule has 0 heterocycles. The summed E-state index contributed by atoms with van der Waals surface area (Å²) >= 11 is 0. The van der Waals surface area contributed by atoms with Gasteiger partial charge in [-0.15, -0.1) is 0 Å². The SMILES string of the molecule is CCC(C)CNS(=O)(=O)c1ccc(CNC)cc1. The van der Waals surface area contributed by atoms with Crippen LogP contribution in [0.3, 0.4) is 0 Å². The second kappa shape index (κ2) is 6.87. The summed E-state index contributed by atoms with van der Waals surface area (Å²) in [6.07, 6.45) is 0.962. The van der Waals surface area contributed by atoms with Crippen LogP contribution in [-0.4, -0.2) is 22.0 Å². The fourth-order valence-corrected chi connectivity index (χ4v) is 2.64. The van der Waals surface area contributed by atoms with Crippen LogP contribution in [0.25, 0.3) is 0 Å². The summed E-state index contributed by atoms with van der Waals surface area (Å²) in [4.78, 5) is 0.325. The first-order chi connectivity index (χ1) is 8.49. The standard InChI is InChI=1S/C13H22N2O2S/c1-4-11(2)9-15-18(16,17)13-7-5-12(6-8-13)10-14-3/h5-8,11,14-15H,4,9-10H2,1-3H3. The molecule has 1 aromatic carbocycles. The maximum absolute atomic E-state index is 12.0. The van der Waals surface area contributed by atoms with Gasteiger partial charge in [-0.05, 0) is 30.7 Å². The van der Waals surface area contributed by atoms with Gasteiger partial charge in [0.15, 0.2) is 0 Å². The van der Waals surface area contributed by atoms with Crippen LogP contribution in [0.1, 0.15) is 25.8 Å². The molecule has 1 atom stereocenters. The molecule has 0 radical (unpaired) electrons. The number of benzene rings is 1. The molecule has 0 saturated carbocycles. The number of hydrogen-bond acceptors (Lipinski definition) is 3. The summed E-state index contributed by atoms with van der Waals surface area (Å²) in [7, 11) is -1.51. The zero-order chi connectivity index (χ0) is 13.6. The lowest BCUT2D eigenvalue weighted by atomic mass is 10.1. The van der Waals surface area contributed by atoms with Crippen molar-refractivity contribution in [2.75, 3.05) is 13.6 Å². The first-order valence-electron chi connectivity index (χ1n) is 6.22. The highest BCUT2D eigenvalue weighted by molar-refractivity contribution is 7.89. The molecule has 1 unspecified atom stereocenters. The van der Waals surface area contributed by atoms with Crippen LogP contribution in [-0.2, 0) is 16.6 Å². The van der Waals surface area contributed by atoms with Crippen molar-refractivity contribution in [2.45, 2.75) is 31.7 Å². The number of sulfonamides is 1. The molecule has 0 saturated heterocycles. The second-order valence-corrected chi connectivity index (χ2v) is 6.31. The maximum atomic E-state index is 12.0. The average molecular weight is 270 g/mol. The Bertz CT molecular complexity index is 454. The van der Waals surface area contributed by atoms with Crippen LogP contribution in [0.4, 0.5) is 0 Å². The monoisotopic (exact) mass is 270 g/mol. The van der Waals surface area contributed by atoms with Gasteiger partial charge in [0.25, 0.3) is 0 Å². The zero-order valence-corrected chi connectivity index (χ0v) is 12.0. The molecule has 0 aliphatic carbocycles. The van der Waals surface area contributed by atoms with Crippen molar-refractivity contribution < 1.29 is 8.42 Å². The van der Waals surface area contributed by atoms with E-state index in [2.05, 4.69) is 10.0 Å². The van der Waals surface area contributed by atoms with E-state index < -0.39 is 10.0 Å². The molecule has 1 aromatic rings. The minimum absolute atomic E-state index is 0.325. The second-order valence-electron chi connectivity index (χ2n) is 4.54. The average Bonchev–Trinajstić information content (AvgIpc) is 2.37. The molecule has 5 heteroatoms. The van der Waals surface area contributed by atoms with E-state index in [0.717, 1.165) is 18.5 Å². The van der Waals surface area contributed by atoms with E-state index in [0.29, 0.717) is 17.4 Å². The Hall–Kier alpha value is -0.910. The predicted molar refractivity (Wildman–Crippen MR) is 73.8 cm³/mol. The van der Waals surface area contributed by atoms with Crippen molar-refractivity contribution in [3.63, 3.8) is 0 Å². The van der Waals surface area contributed by atoms with Gasteiger partial charge in [0.05, 0.1) is 4.90 Å². The quantitative estimate of drug-likeness (QED) is 0.793. The fourth-order valence-electron chi connectivity index (χ4n) is 1.47. The van der Waals surface area contributed by atoms with E-state index in [1.54, 1.807) is 12.1 Å². The highest BCUT2D eigenvalue weighted by Gasteiger charge is 2.14. The van der Waals surface area contributed by atoms with Gasteiger partial charge in [-0.2, -0.15) is 0 Å². The van der Waals surface area contributed by atoms with E-state index >= 15 is 0 Å². The van der Waals surface area contributed by atoms with Crippen molar-refractivity contribution in [1.29, 1.82) is 0 Å². The number of hydrogen-bond donors (Lipinski definition) is 2. The predicted octanol–water partition coefficient (Wildman–Crippen LogP) is 1.73. The largest absolute Gasteiger partial charge is 0.316 e. The van der Waals surface area contributed by atoms with Crippen molar-refractivity contribution in [3.8, 4) is 0 Å². The van der Waals surface area contributed by atoms with Crippen LogP contribution in [0.2, 0.25) is 0 Å². The summed E-state index contributed by atoms with van der Waals surface area (Å²) in [5.41, 5.74) is 1.07. The first-order valence-corrected chi connectivity index (χ1v) is 7.71. The zero-order valence-electron chi connectivity index (χ0n) is 11.2. The van der Waals surface area contributed by atoms with E-state index in [4.69, 9.17) is 0 Å². The lowest BCUT2D eigenvalue weighted by Crippen LogP contribution is -2.28. The smallest absolute Gasteiger partial charge is 0.240 e. The molecule has 1 rings (SSSR count). The van der Waals surface area contributed by atoms with Crippen LogP contribution in [0, 0.1) is 5.92 Å². The van der Waals surface area contributed by atoms with E-state index in [1.807, 2.05) is 33.0 Å². The minimum atomic E-state index is -3.37. The first kappa shape index (κ1) is 15.1. The fraction of sp³-hybridized carbons (Fsp3) is 0.538. The minimum Gasteiger partial charge on any atom is -0.316 e. The van der Waals surface area contributed by atoms with E-state index in [1.165, 1.54) is 0 Å². The molecular weight excluding hydrogens is 248 g/mol. The number of rotatable bonds is 7. The van der Waals surface area contributed by atoms with Crippen LogP contribution < -0.4 is 10.0 Å². The molecule has 0 aliphatic rings. The lowest BCUT2D eigenvalue weighted by Gasteiger charge is -2.11. The normalized spacial score (nSPS) is 13.5. The van der Waals surface area contributed by atoms with Gasteiger partial charge < -0.3 is 5.32 Å². The van der Waals surface area contributed by atoms with Gasteiger partial charge in [0.1, 0.15) is 0 Å². The Kier molecular flexibility index (Phi) is 5.78. The summed E-state index contributed by atoms with van der Waals surface area (Å²) in [5, 5.41) is 3.02. The molecule has 0 fully saturated rings. The van der Waals surface area contributed by atoms with E-state index in [9.17, 15) is 8.42 Å². The maximum Gasteiger partial charge on any atom is 0.240 e. The highest BCUT2D eigenvalue weighted by Crippen LogP contribution is 2.11. The van der Waals surface area contributed by atoms with Crippen molar-refractivity contribution in [3.05, 3.63) is 29.8 Å². The van der Waals surface area contributed by atoms with Crippen LogP contribution in [0.15, 0.2) is 29.2 Å². The van der Waals surface area contributed by atoms with Gasteiger partial charge in [-0.1, -0.05) is 32.4 Å². The van der Waals surface area contributed by atoms with Gasteiger partial charge in [-0.3, -0.25) is 0 Å². The topological polar surface area (TPSA) is 58.2 Å². The molecule has 4 nitrogen and oxygen atoms in total. The summed E-state index contributed by atoms with van der Waals surface area (Å²) in [6.45, 7) is 5.29. The third kappa shape index (κ3) is 4.40. The molecule has 2 N–H and O–H groups in total. The Balaban J connectivity index is 2.72. The third-order valence-electron chi connectivity index (χ3n) is 2.93. The van der Waals surface area contributed by atoms with Crippen molar-refractivity contribution in [2.24, 2.45) is 5.92 Å². The molecule has 0 bridgehead atoms. The van der Waals surface area contributed by atoms with Gasteiger partial charge in [0.2, 0.25) is 10.0 Å². The Morgan fingerprint density at radius 3 is 2.33 bits per heavy atom. The highest BCUT2D eigenvalue weighted by atomic mass is 32.2. The molecule has 18 heavy (non-hydrogen) atoms. The molecule has 0 spiro atoms. The molecular formula is C13H22N2O2S. The molecule has 102 valence electrons. The van der Waals surface area contributed by atoms with Crippen molar-refractivity contribution in [1.82, 2.24) is 10.0 Å². The third-order valence-corrected chi connectivity index (χ3v) is 4.37. The summed E-state index contributed by atoms with van der Waals surface area (Å²) < 4.78 is 26.6. The van der Waals surface area contributed by atoms with Gasteiger partial charge in [-0.25, -0.2) is 13.1 Å². The Labute approximate surface area is 110 Å². The van der Waals surface area contributed by atoms with Crippen LogP contribution in [0.5, 0.6) is 0 Å². The lowest BCUT2D eigenvalue weighted by molar-refractivity contribution is 0.528. The molecule has 0 aliphatic heterocycles. The van der Waals surface area contributed by atoms with Gasteiger partial charge in [0, 0.05) is 13.1 Å². The number of nitrogens with one attached hydrogen (secondary N) is 2. The van der Waals surface area contributed by atoms with Gasteiger partial charge >= 0.3 is 0 Å². The van der Waals surface area contributed by atoms with E-state index in [-0.39, 0.29) is 0 Å².